The number of sulfonamides is 1. The molecule has 0 N–H and O–H groups in total. The van der Waals surface area contributed by atoms with Crippen LogP contribution < -0.4 is 4.74 Å². The van der Waals surface area contributed by atoms with Crippen LogP contribution in [0.25, 0.3) is 0 Å². The molecular weight excluding hydrogens is 397 g/mol. The molecule has 2 aromatic carbocycles. The molecule has 0 bridgehead atoms. The third-order valence-corrected chi connectivity index (χ3v) is 7.05. The number of esters is 1. The van der Waals surface area contributed by atoms with Gasteiger partial charge in [-0.1, -0.05) is 18.6 Å². The van der Waals surface area contributed by atoms with Crippen molar-refractivity contribution in [1.82, 2.24) is 4.31 Å². The first-order valence-corrected chi connectivity index (χ1v) is 10.9. The van der Waals surface area contributed by atoms with Gasteiger partial charge in [-0.15, -0.1) is 0 Å². The molecule has 0 saturated carbocycles. The van der Waals surface area contributed by atoms with Gasteiger partial charge in [-0.2, -0.15) is 4.31 Å². The predicted molar refractivity (Wildman–Crippen MR) is 106 cm³/mol. The van der Waals surface area contributed by atoms with Crippen LogP contribution in [-0.4, -0.2) is 38.4 Å². The van der Waals surface area contributed by atoms with Gasteiger partial charge in [0, 0.05) is 12.6 Å². The highest BCUT2D eigenvalue weighted by atomic mass is 32.2. The van der Waals surface area contributed by atoms with Gasteiger partial charge in [0.2, 0.25) is 10.0 Å². The molecule has 3 rings (SSSR count). The Kier molecular flexibility index (Phi) is 6.54. The van der Waals surface area contributed by atoms with E-state index >= 15 is 0 Å². The lowest BCUT2D eigenvalue weighted by Crippen LogP contribution is -2.42. The SMILES string of the molecule is COc1ccc(C(=O)OCc2ccc(F)cc2)cc1S(=O)(=O)N1CCCCC1C. The van der Waals surface area contributed by atoms with Gasteiger partial charge in [0.1, 0.15) is 23.1 Å². The molecule has 0 spiro atoms. The Balaban J connectivity index is 1.84. The van der Waals surface area contributed by atoms with Crippen LogP contribution >= 0.6 is 0 Å². The second-order valence-electron chi connectivity index (χ2n) is 7.03. The van der Waals surface area contributed by atoms with Crippen molar-refractivity contribution in [3.63, 3.8) is 0 Å². The number of methoxy groups -OCH3 is 1. The molecule has 0 radical (unpaired) electrons. The van der Waals surface area contributed by atoms with E-state index in [2.05, 4.69) is 0 Å². The van der Waals surface area contributed by atoms with Crippen molar-refractivity contribution in [2.75, 3.05) is 13.7 Å². The van der Waals surface area contributed by atoms with E-state index in [9.17, 15) is 17.6 Å². The number of ether oxygens (including phenoxy) is 2. The van der Waals surface area contributed by atoms with Gasteiger partial charge in [-0.3, -0.25) is 0 Å². The fraction of sp³-hybridized carbons (Fsp3) is 0.381. The second-order valence-corrected chi connectivity index (χ2v) is 8.89. The van der Waals surface area contributed by atoms with Crippen LogP contribution in [0.5, 0.6) is 5.75 Å². The van der Waals surface area contributed by atoms with E-state index in [0.29, 0.717) is 12.1 Å². The molecule has 1 fully saturated rings. The summed E-state index contributed by atoms with van der Waals surface area (Å²) in [5, 5.41) is 0. The molecule has 6 nitrogen and oxygen atoms in total. The van der Waals surface area contributed by atoms with Gasteiger partial charge < -0.3 is 9.47 Å². The third-order valence-electron chi connectivity index (χ3n) is 5.01. The molecule has 29 heavy (non-hydrogen) atoms. The summed E-state index contributed by atoms with van der Waals surface area (Å²) in [6.45, 7) is 2.27. The van der Waals surface area contributed by atoms with E-state index in [-0.39, 0.29) is 34.7 Å². The van der Waals surface area contributed by atoms with Gasteiger partial charge in [0.25, 0.3) is 0 Å². The predicted octanol–water partition coefficient (Wildman–Crippen LogP) is 3.75. The van der Waals surface area contributed by atoms with Crippen molar-refractivity contribution < 1.29 is 27.1 Å². The quantitative estimate of drug-likeness (QED) is 0.664. The number of carbonyl (C=O) groups is 1. The van der Waals surface area contributed by atoms with E-state index in [1.165, 1.54) is 53.9 Å². The Bertz CT molecular complexity index is 975. The van der Waals surface area contributed by atoms with Crippen LogP contribution in [0.3, 0.4) is 0 Å². The molecule has 1 saturated heterocycles. The highest BCUT2D eigenvalue weighted by Crippen LogP contribution is 2.31. The van der Waals surface area contributed by atoms with Gasteiger partial charge in [0.05, 0.1) is 12.7 Å². The highest BCUT2D eigenvalue weighted by molar-refractivity contribution is 7.89. The fourth-order valence-corrected chi connectivity index (χ4v) is 5.26. The molecule has 1 heterocycles. The lowest BCUT2D eigenvalue weighted by Gasteiger charge is -2.32. The summed E-state index contributed by atoms with van der Waals surface area (Å²) < 4.78 is 51.4. The van der Waals surface area contributed by atoms with Crippen LogP contribution in [-0.2, 0) is 21.4 Å². The Morgan fingerprint density at radius 1 is 1.17 bits per heavy atom. The molecule has 1 unspecified atom stereocenters. The maximum Gasteiger partial charge on any atom is 0.338 e. The molecule has 1 aliphatic heterocycles. The van der Waals surface area contributed by atoms with Gasteiger partial charge >= 0.3 is 5.97 Å². The van der Waals surface area contributed by atoms with E-state index in [4.69, 9.17) is 9.47 Å². The van der Waals surface area contributed by atoms with Gasteiger partial charge in [-0.25, -0.2) is 17.6 Å². The Hall–Kier alpha value is -2.45. The lowest BCUT2D eigenvalue weighted by atomic mass is 10.1. The third kappa shape index (κ3) is 4.76. The number of benzene rings is 2. The molecule has 0 aromatic heterocycles. The summed E-state index contributed by atoms with van der Waals surface area (Å²) in [6.07, 6.45) is 2.58. The molecule has 0 amide bonds. The van der Waals surface area contributed by atoms with Crippen molar-refractivity contribution in [2.24, 2.45) is 0 Å². The minimum Gasteiger partial charge on any atom is -0.495 e. The van der Waals surface area contributed by atoms with Crippen molar-refractivity contribution in [3.8, 4) is 5.75 Å². The fourth-order valence-electron chi connectivity index (χ4n) is 3.37. The molecule has 1 atom stereocenters. The van der Waals surface area contributed by atoms with Crippen LogP contribution in [0.1, 0.15) is 42.1 Å². The van der Waals surface area contributed by atoms with Crippen LogP contribution in [0, 0.1) is 5.82 Å². The van der Waals surface area contributed by atoms with E-state index < -0.39 is 16.0 Å². The van der Waals surface area contributed by atoms with Gasteiger partial charge in [0.15, 0.2) is 0 Å². The Labute approximate surface area is 170 Å². The second kappa shape index (κ2) is 8.92. The van der Waals surface area contributed by atoms with Crippen LogP contribution in [0.2, 0.25) is 0 Å². The minimum absolute atomic E-state index is 0.0453. The van der Waals surface area contributed by atoms with Gasteiger partial charge in [-0.05, 0) is 55.7 Å². The summed E-state index contributed by atoms with van der Waals surface area (Å²) in [5.74, 6) is -0.866. The molecule has 156 valence electrons. The zero-order chi connectivity index (χ0) is 21.0. The first-order chi connectivity index (χ1) is 13.8. The number of nitrogens with zero attached hydrogens (tertiary/aromatic N) is 1. The van der Waals surface area contributed by atoms with Crippen molar-refractivity contribution in [2.45, 2.75) is 43.7 Å². The lowest BCUT2D eigenvalue weighted by molar-refractivity contribution is 0.0472. The summed E-state index contributed by atoms with van der Waals surface area (Å²) >= 11 is 0. The maximum absolute atomic E-state index is 13.2. The average Bonchev–Trinajstić information content (AvgIpc) is 2.72. The number of hydrogen-bond donors (Lipinski definition) is 0. The standard InChI is InChI=1S/C21H24FNO5S/c1-15-5-3-4-12-23(15)29(25,26)20-13-17(8-11-19(20)27-2)21(24)28-14-16-6-9-18(22)10-7-16/h6-11,13,15H,3-5,12,14H2,1-2H3. The Morgan fingerprint density at radius 3 is 2.55 bits per heavy atom. The molecule has 0 aliphatic carbocycles. The molecular formula is C21H24FNO5S. The smallest absolute Gasteiger partial charge is 0.338 e. The minimum atomic E-state index is -3.82. The highest BCUT2D eigenvalue weighted by Gasteiger charge is 2.33. The van der Waals surface area contributed by atoms with E-state index in [1.54, 1.807) is 0 Å². The number of hydrogen-bond acceptors (Lipinski definition) is 5. The maximum atomic E-state index is 13.2. The van der Waals surface area contributed by atoms with Crippen molar-refractivity contribution in [3.05, 3.63) is 59.4 Å². The first-order valence-electron chi connectivity index (χ1n) is 9.44. The molecule has 8 heteroatoms. The van der Waals surface area contributed by atoms with Crippen LogP contribution in [0.15, 0.2) is 47.4 Å². The molecule has 2 aromatic rings. The number of piperidine rings is 1. The summed E-state index contributed by atoms with van der Waals surface area (Å²) in [7, 11) is -2.43. The number of halogens is 1. The monoisotopic (exact) mass is 421 g/mol. The summed E-state index contributed by atoms with van der Waals surface area (Å²) in [5.41, 5.74) is 0.736. The molecule has 1 aliphatic rings. The van der Waals surface area contributed by atoms with E-state index in [0.717, 1.165) is 19.3 Å². The van der Waals surface area contributed by atoms with E-state index in [1.807, 2.05) is 6.92 Å². The topological polar surface area (TPSA) is 72.9 Å². The van der Waals surface area contributed by atoms with Crippen molar-refractivity contribution >= 4 is 16.0 Å². The normalized spacial score (nSPS) is 17.7. The largest absolute Gasteiger partial charge is 0.495 e. The average molecular weight is 421 g/mol. The zero-order valence-corrected chi connectivity index (χ0v) is 17.2. The van der Waals surface area contributed by atoms with Crippen LogP contribution in [0.4, 0.5) is 4.39 Å². The number of rotatable bonds is 6. The zero-order valence-electron chi connectivity index (χ0n) is 16.4. The first kappa shape index (κ1) is 21.3. The summed E-state index contributed by atoms with van der Waals surface area (Å²) in [6, 6.07) is 9.69. The summed E-state index contributed by atoms with van der Waals surface area (Å²) in [4.78, 5) is 12.4. The Morgan fingerprint density at radius 2 is 1.90 bits per heavy atom. The van der Waals surface area contributed by atoms with Crippen molar-refractivity contribution in [1.29, 1.82) is 0 Å². The number of carbonyl (C=O) groups excluding carboxylic acids is 1.